The standard InChI is InChI=1S/C21H33NO4Si/c1-5-26-21(24)22-18(20(23)25-2)19(16-12-8-6-9-13-16)27(3,4)17-14-10-7-11-15-17/h7,10-11,14-16,18-19H,5-6,8-9,12-13H2,1-4H3,(H,22,24)/t18-,19-/m1/s1. The molecule has 0 saturated heterocycles. The highest BCUT2D eigenvalue weighted by Crippen LogP contribution is 2.42. The molecule has 0 heterocycles. The van der Waals surface area contributed by atoms with Crippen LogP contribution < -0.4 is 10.5 Å². The molecule has 0 bridgehead atoms. The topological polar surface area (TPSA) is 64.6 Å². The van der Waals surface area contributed by atoms with E-state index >= 15 is 0 Å². The molecular weight excluding hydrogens is 358 g/mol. The van der Waals surface area contributed by atoms with Gasteiger partial charge in [-0.25, -0.2) is 9.59 Å². The summed E-state index contributed by atoms with van der Waals surface area (Å²) in [7, 11) is -0.713. The van der Waals surface area contributed by atoms with Crippen molar-refractivity contribution in [1.29, 1.82) is 0 Å². The first kappa shape index (κ1) is 21.5. The maximum Gasteiger partial charge on any atom is 0.407 e. The van der Waals surface area contributed by atoms with Crippen LogP contribution in [-0.4, -0.2) is 39.9 Å². The molecule has 1 amide bonds. The molecular formula is C21H33NO4Si. The molecule has 1 aliphatic carbocycles. The summed E-state index contributed by atoms with van der Waals surface area (Å²) < 4.78 is 10.2. The van der Waals surface area contributed by atoms with Gasteiger partial charge in [-0.05, 0) is 18.4 Å². The van der Waals surface area contributed by atoms with Crippen molar-refractivity contribution < 1.29 is 19.1 Å². The van der Waals surface area contributed by atoms with Gasteiger partial charge in [0.2, 0.25) is 0 Å². The molecule has 1 saturated carbocycles. The van der Waals surface area contributed by atoms with Gasteiger partial charge in [-0.2, -0.15) is 0 Å². The quantitative estimate of drug-likeness (QED) is 0.566. The van der Waals surface area contributed by atoms with Gasteiger partial charge in [0, 0.05) is 0 Å². The van der Waals surface area contributed by atoms with Gasteiger partial charge in [0.25, 0.3) is 0 Å². The number of rotatable bonds is 7. The average molecular weight is 392 g/mol. The first-order chi connectivity index (χ1) is 12.9. The van der Waals surface area contributed by atoms with Crippen molar-refractivity contribution in [2.45, 2.75) is 63.7 Å². The van der Waals surface area contributed by atoms with Crippen LogP contribution in [0.25, 0.3) is 0 Å². The number of carbonyl (C=O) groups is 2. The third-order valence-electron chi connectivity index (χ3n) is 5.87. The van der Waals surface area contributed by atoms with E-state index in [4.69, 9.17) is 9.47 Å². The van der Waals surface area contributed by atoms with Crippen molar-refractivity contribution >= 4 is 25.3 Å². The van der Waals surface area contributed by atoms with Crippen LogP contribution in [0.5, 0.6) is 0 Å². The normalized spacial score (nSPS) is 17.6. The van der Waals surface area contributed by atoms with E-state index in [9.17, 15) is 9.59 Å². The number of amides is 1. The Bertz CT molecular complexity index is 614. The van der Waals surface area contributed by atoms with E-state index in [-0.39, 0.29) is 18.1 Å². The highest BCUT2D eigenvalue weighted by Gasteiger charge is 2.47. The van der Waals surface area contributed by atoms with Gasteiger partial charge in [0.05, 0.1) is 21.8 Å². The summed E-state index contributed by atoms with van der Waals surface area (Å²) in [6.45, 7) is 6.62. The first-order valence-electron chi connectivity index (χ1n) is 9.98. The molecule has 6 heteroatoms. The summed E-state index contributed by atoms with van der Waals surface area (Å²) in [6, 6.07) is 9.74. The number of ether oxygens (including phenoxy) is 2. The number of hydrogen-bond donors (Lipinski definition) is 1. The average Bonchev–Trinajstić information content (AvgIpc) is 2.68. The summed E-state index contributed by atoms with van der Waals surface area (Å²) >= 11 is 0. The van der Waals surface area contributed by atoms with Crippen molar-refractivity contribution in [2.75, 3.05) is 13.7 Å². The zero-order valence-electron chi connectivity index (χ0n) is 17.0. The summed E-state index contributed by atoms with van der Waals surface area (Å²) in [4.78, 5) is 24.9. The molecule has 0 unspecified atom stereocenters. The van der Waals surface area contributed by atoms with Crippen molar-refractivity contribution in [3.05, 3.63) is 30.3 Å². The van der Waals surface area contributed by atoms with Crippen LogP contribution in [0, 0.1) is 5.92 Å². The van der Waals surface area contributed by atoms with Crippen molar-refractivity contribution in [2.24, 2.45) is 5.92 Å². The Hall–Kier alpha value is -1.82. The second-order valence-electron chi connectivity index (χ2n) is 7.88. The molecule has 1 N–H and O–H groups in total. The first-order valence-corrected chi connectivity index (χ1v) is 13.1. The monoisotopic (exact) mass is 391 g/mol. The number of methoxy groups -OCH3 is 1. The summed E-state index contributed by atoms with van der Waals surface area (Å²) in [5.41, 5.74) is 0.0528. The van der Waals surface area contributed by atoms with E-state index in [0.29, 0.717) is 5.92 Å². The van der Waals surface area contributed by atoms with Crippen LogP contribution >= 0.6 is 0 Å². The number of hydrogen-bond acceptors (Lipinski definition) is 4. The number of nitrogens with one attached hydrogen (secondary N) is 1. The van der Waals surface area contributed by atoms with Gasteiger partial charge in [-0.15, -0.1) is 0 Å². The molecule has 1 aliphatic rings. The molecule has 2 atom stereocenters. The van der Waals surface area contributed by atoms with E-state index in [2.05, 4.69) is 30.5 Å². The fourth-order valence-electron chi connectivity index (χ4n) is 4.55. The van der Waals surface area contributed by atoms with Crippen LogP contribution in [0.2, 0.25) is 18.6 Å². The Kier molecular flexibility index (Phi) is 7.89. The highest BCUT2D eigenvalue weighted by atomic mass is 28.3. The molecule has 5 nitrogen and oxygen atoms in total. The third-order valence-corrected chi connectivity index (χ3v) is 10.2. The molecule has 2 rings (SSSR count). The summed E-state index contributed by atoms with van der Waals surface area (Å²) in [5.74, 6) is 0.0155. The Labute approximate surface area is 163 Å². The van der Waals surface area contributed by atoms with E-state index < -0.39 is 20.2 Å². The lowest BCUT2D eigenvalue weighted by molar-refractivity contribution is -0.143. The Balaban J connectivity index is 2.44. The lowest BCUT2D eigenvalue weighted by atomic mass is 9.84. The number of benzene rings is 1. The molecule has 1 fully saturated rings. The molecule has 27 heavy (non-hydrogen) atoms. The number of carbonyl (C=O) groups excluding carboxylic acids is 2. The molecule has 150 valence electrons. The minimum absolute atomic E-state index is 0.0528. The van der Waals surface area contributed by atoms with Gasteiger partial charge in [-0.1, -0.05) is 80.7 Å². The summed E-state index contributed by atoms with van der Waals surface area (Å²) in [6.07, 6.45) is 5.22. The minimum atomic E-state index is -2.10. The van der Waals surface area contributed by atoms with Gasteiger partial charge in [0.1, 0.15) is 6.04 Å². The maximum absolute atomic E-state index is 12.7. The molecule has 1 aromatic carbocycles. The smallest absolute Gasteiger partial charge is 0.407 e. The van der Waals surface area contributed by atoms with Gasteiger partial charge in [-0.3, -0.25) is 0 Å². The van der Waals surface area contributed by atoms with E-state index in [0.717, 1.165) is 12.8 Å². The highest BCUT2D eigenvalue weighted by molar-refractivity contribution is 6.91. The molecule has 1 aromatic rings. The largest absolute Gasteiger partial charge is 0.467 e. The predicted molar refractivity (Wildman–Crippen MR) is 110 cm³/mol. The van der Waals surface area contributed by atoms with Crippen LogP contribution in [0.4, 0.5) is 4.79 Å². The number of alkyl carbamates (subject to hydrolysis) is 1. The lowest BCUT2D eigenvalue weighted by Crippen LogP contribution is -2.59. The molecule has 0 aromatic heterocycles. The zero-order valence-corrected chi connectivity index (χ0v) is 18.0. The Morgan fingerprint density at radius 1 is 1.15 bits per heavy atom. The fourth-order valence-corrected chi connectivity index (χ4v) is 8.55. The van der Waals surface area contributed by atoms with E-state index in [1.165, 1.54) is 31.6 Å². The van der Waals surface area contributed by atoms with Crippen LogP contribution in [0.15, 0.2) is 30.3 Å². The molecule has 0 radical (unpaired) electrons. The van der Waals surface area contributed by atoms with Gasteiger partial charge < -0.3 is 14.8 Å². The second-order valence-corrected chi connectivity index (χ2v) is 12.6. The van der Waals surface area contributed by atoms with Crippen molar-refractivity contribution in [1.82, 2.24) is 5.32 Å². The molecule has 0 aliphatic heterocycles. The van der Waals surface area contributed by atoms with Gasteiger partial charge in [0.15, 0.2) is 0 Å². The zero-order chi connectivity index (χ0) is 19.9. The maximum atomic E-state index is 12.7. The minimum Gasteiger partial charge on any atom is -0.467 e. The molecule has 0 spiro atoms. The van der Waals surface area contributed by atoms with Crippen LogP contribution in [0.3, 0.4) is 0 Å². The number of esters is 1. The van der Waals surface area contributed by atoms with Crippen LogP contribution in [0.1, 0.15) is 39.0 Å². The second kappa shape index (κ2) is 9.92. The Morgan fingerprint density at radius 3 is 2.33 bits per heavy atom. The predicted octanol–water partition coefficient (Wildman–Crippen LogP) is 3.84. The summed E-state index contributed by atoms with van der Waals surface area (Å²) in [5, 5.41) is 4.13. The SMILES string of the molecule is CCOC(=O)N[C@@H](C(=O)OC)[C@@H](C1CCCCC1)[Si](C)(C)c1ccccc1. The van der Waals surface area contributed by atoms with Crippen molar-refractivity contribution in [3.63, 3.8) is 0 Å². The Morgan fingerprint density at radius 2 is 1.78 bits per heavy atom. The fraction of sp³-hybridized carbons (Fsp3) is 0.619. The van der Waals surface area contributed by atoms with Gasteiger partial charge >= 0.3 is 12.1 Å². The van der Waals surface area contributed by atoms with E-state index in [1.807, 2.05) is 18.2 Å². The third kappa shape index (κ3) is 5.34. The van der Waals surface area contributed by atoms with Crippen LogP contribution in [-0.2, 0) is 14.3 Å². The van der Waals surface area contributed by atoms with E-state index in [1.54, 1.807) is 6.92 Å². The van der Waals surface area contributed by atoms with Crippen molar-refractivity contribution in [3.8, 4) is 0 Å². The lowest BCUT2D eigenvalue weighted by Gasteiger charge is -2.43.